The van der Waals surface area contributed by atoms with E-state index in [0.717, 1.165) is 141 Å². The highest BCUT2D eigenvalue weighted by atomic mass is 16.6. The highest BCUT2D eigenvalue weighted by Crippen LogP contribution is 2.14. The SMILES string of the molecule is CC/C=C\C/C=C\C/C=C\C/C=C\C/C=C\C/C=C\CCCCCCCCC(=O)OCC(COC(=O)CCCCCCCCC/C=C\C/C=C\CCCCCC)OC(=O)CC/C=C\C/C=C\C/C=C\C/C=C\C/C=C\C/C=C\CC. The number of hydrogen-bond donors (Lipinski definition) is 0. The molecule has 0 aromatic carbocycles. The fourth-order valence-electron chi connectivity index (χ4n) is 8.21. The van der Waals surface area contributed by atoms with Crippen molar-refractivity contribution < 1.29 is 28.6 Å². The highest BCUT2D eigenvalue weighted by Gasteiger charge is 2.19. The number of unbranched alkanes of at least 4 members (excludes halogenated alkanes) is 17. The summed E-state index contributed by atoms with van der Waals surface area (Å²) >= 11 is 0. The predicted molar refractivity (Wildman–Crippen MR) is 348 cm³/mol. The van der Waals surface area contributed by atoms with Gasteiger partial charge in [-0.25, -0.2) is 0 Å². The Labute approximate surface area is 492 Å². The first-order chi connectivity index (χ1) is 39.5. The molecule has 6 nitrogen and oxygen atoms in total. The Hall–Kier alpha value is -5.23. The van der Waals surface area contributed by atoms with Gasteiger partial charge in [-0.15, -0.1) is 0 Å². The molecule has 0 aromatic rings. The summed E-state index contributed by atoms with van der Waals surface area (Å²) in [4.78, 5) is 38.3. The van der Waals surface area contributed by atoms with Crippen LogP contribution in [0.1, 0.15) is 258 Å². The lowest BCUT2D eigenvalue weighted by Crippen LogP contribution is -2.30. The van der Waals surface area contributed by atoms with Gasteiger partial charge in [0.05, 0.1) is 0 Å². The molecule has 0 amide bonds. The molecule has 6 heteroatoms. The normalized spacial score (nSPS) is 13.3. The van der Waals surface area contributed by atoms with Gasteiger partial charge in [0, 0.05) is 19.3 Å². The quantitative estimate of drug-likeness (QED) is 0.0261. The number of rotatable bonds is 56. The maximum absolute atomic E-state index is 12.9. The van der Waals surface area contributed by atoms with Crippen molar-refractivity contribution in [3.05, 3.63) is 170 Å². The molecule has 0 heterocycles. The molecular formula is C74H116O6. The number of carbonyl (C=O) groups is 3. The Morgan fingerprint density at radius 3 is 0.812 bits per heavy atom. The van der Waals surface area contributed by atoms with E-state index in [4.69, 9.17) is 14.2 Å². The van der Waals surface area contributed by atoms with Gasteiger partial charge in [-0.1, -0.05) is 268 Å². The minimum absolute atomic E-state index is 0.125. The summed E-state index contributed by atoms with van der Waals surface area (Å²) in [5, 5.41) is 0. The van der Waals surface area contributed by atoms with Crippen molar-refractivity contribution in [3.63, 3.8) is 0 Å². The summed E-state index contributed by atoms with van der Waals surface area (Å²) < 4.78 is 16.8. The first-order valence-electron chi connectivity index (χ1n) is 32.1. The van der Waals surface area contributed by atoms with E-state index in [2.05, 4.69) is 179 Å². The van der Waals surface area contributed by atoms with Crippen molar-refractivity contribution in [1.29, 1.82) is 0 Å². The van der Waals surface area contributed by atoms with Crippen LogP contribution in [-0.4, -0.2) is 37.2 Å². The third-order valence-corrected chi connectivity index (χ3v) is 12.9. The standard InChI is InChI=1S/C74H116O6/c1-4-7-10-13-16-19-22-25-28-31-34-35-36-37-38-39-41-43-46-49-52-55-58-61-64-67-73(76)79-70-71(69-78-72(75)66-63-60-57-54-51-48-45-42-33-30-27-24-21-18-15-12-9-6-3)80-74(77)68-65-62-59-56-53-50-47-44-40-32-29-26-23-20-17-14-11-8-5-2/h7-8,10-11,16-17,19-21,24-26,28-30,33-35,37-38,40-41,43-44,50,53,59,62,71H,4-6,9,12-15,18,22-23,27,31-32,36,39,42,45-49,51-52,54-58,60-61,63-70H2,1-3H3/b10-7-,11-8-,19-16-,20-17-,24-21-,28-25-,29-26-,33-30-,35-34-,38-37-,43-41-,44-40-,53-50-,62-59-. The van der Waals surface area contributed by atoms with Crippen LogP contribution in [0.25, 0.3) is 0 Å². The zero-order chi connectivity index (χ0) is 57.8. The van der Waals surface area contributed by atoms with Gasteiger partial charge in [-0.2, -0.15) is 0 Å². The van der Waals surface area contributed by atoms with Crippen LogP contribution < -0.4 is 0 Å². The molecule has 0 rings (SSSR count). The van der Waals surface area contributed by atoms with Crippen LogP contribution in [0.3, 0.4) is 0 Å². The maximum Gasteiger partial charge on any atom is 0.306 e. The van der Waals surface area contributed by atoms with Gasteiger partial charge in [0.25, 0.3) is 0 Å². The van der Waals surface area contributed by atoms with Gasteiger partial charge in [-0.3, -0.25) is 14.4 Å². The average molecular weight is 1100 g/mol. The molecule has 0 bridgehead atoms. The second kappa shape index (κ2) is 66.3. The van der Waals surface area contributed by atoms with Gasteiger partial charge >= 0.3 is 17.9 Å². The summed E-state index contributed by atoms with van der Waals surface area (Å²) in [7, 11) is 0. The van der Waals surface area contributed by atoms with E-state index in [9.17, 15) is 14.4 Å². The zero-order valence-electron chi connectivity index (χ0n) is 51.3. The van der Waals surface area contributed by atoms with Gasteiger partial charge < -0.3 is 14.2 Å². The third-order valence-electron chi connectivity index (χ3n) is 12.9. The molecule has 1 atom stereocenters. The Morgan fingerprint density at radius 1 is 0.263 bits per heavy atom. The first kappa shape index (κ1) is 74.8. The van der Waals surface area contributed by atoms with E-state index < -0.39 is 12.1 Å². The van der Waals surface area contributed by atoms with Crippen molar-refractivity contribution in [2.24, 2.45) is 0 Å². The molecular weight excluding hydrogens is 985 g/mol. The monoisotopic (exact) mass is 1100 g/mol. The van der Waals surface area contributed by atoms with Crippen LogP contribution in [-0.2, 0) is 28.6 Å². The Morgan fingerprint density at radius 2 is 0.512 bits per heavy atom. The average Bonchev–Trinajstić information content (AvgIpc) is 3.46. The summed E-state index contributed by atoms with van der Waals surface area (Å²) in [5.41, 5.74) is 0. The molecule has 0 aliphatic heterocycles. The third kappa shape index (κ3) is 63.6. The molecule has 0 saturated heterocycles. The summed E-state index contributed by atoms with van der Waals surface area (Å²) in [5.74, 6) is -1.04. The molecule has 0 radical (unpaired) electrons. The van der Waals surface area contributed by atoms with Crippen LogP contribution in [0.4, 0.5) is 0 Å². The van der Waals surface area contributed by atoms with Crippen molar-refractivity contribution >= 4 is 17.9 Å². The van der Waals surface area contributed by atoms with Crippen molar-refractivity contribution in [2.45, 2.75) is 264 Å². The molecule has 0 aliphatic rings. The predicted octanol–water partition coefficient (Wildman–Crippen LogP) is 22.3. The van der Waals surface area contributed by atoms with Crippen LogP contribution in [0.2, 0.25) is 0 Å². The molecule has 0 aliphatic carbocycles. The first-order valence-corrected chi connectivity index (χ1v) is 32.1. The van der Waals surface area contributed by atoms with Gasteiger partial charge in [-0.05, 0) is 141 Å². The Kier molecular flexibility index (Phi) is 61.9. The lowest BCUT2D eigenvalue weighted by molar-refractivity contribution is -0.166. The highest BCUT2D eigenvalue weighted by molar-refractivity contribution is 5.71. The second-order valence-corrected chi connectivity index (χ2v) is 20.5. The van der Waals surface area contributed by atoms with Crippen molar-refractivity contribution in [2.75, 3.05) is 13.2 Å². The van der Waals surface area contributed by atoms with Gasteiger partial charge in [0.1, 0.15) is 13.2 Å². The van der Waals surface area contributed by atoms with Crippen molar-refractivity contribution in [3.8, 4) is 0 Å². The Balaban J connectivity index is 4.55. The van der Waals surface area contributed by atoms with E-state index in [1.807, 2.05) is 12.2 Å². The lowest BCUT2D eigenvalue weighted by atomic mass is 10.1. The van der Waals surface area contributed by atoms with Gasteiger partial charge in [0.15, 0.2) is 6.10 Å². The number of ether oxygens (including phenoxy) is 3. The Bertz CT molecular complexity index is 1840. The molecule has 0 fully saturated rings. The fraction of sp³-hybridized carbons (Fsp3) is 0.581. The van der Waals surface area contributed by atoms with E-state index in [-0.39, 0.29) is 31.6 Å². The molecule has 0 spiro atoms. The van der Waals surface area contributed by atoms with E-state index in [1.165, 1.54) is 70.6 Å². The van der Waals surface area contributed by atoms with Crippen LogP contribution in [0, 0.1) is 0 Å². The number of hydrogen-bond acceptors (Lipinski definition) is 6. The summed E-state index contributed by atoms with van der Waals surface area (Å²) in [6.07, 6.45) is 97.9. The second-order valence-electron chi connectivity index (χ2n) is 20.5. The topological polar surface area (TPSA) is 78.9 Å². The molecule has 448 valence electrons. The number of carbonyl (C=O) groups excluding carboxylic acids is 3. The lowest BCUT2D eigenvalue weighted by Gasteiger charge is -2.18. The molecule has 0 aromatic heterocycles. The van der Waals surface area contributed by atoms with E-state index in [1.54, 1.807) is 0 Å². The summed E-state index contributed by atoms with van der Waals surface area (Å²) in [6, 6.07) is 0. The largest absolute Gasteiger partial charge is 0.462 e. The summed E-state index contributed by atoms with van der Waals surface area (Å²) in [6.45, 7) is 6.31. The van der Waals surface area contributed by atoms with Crippen LogP contribution in [0.5, 0.6) is 0 Å². The number of allylic oxidation sites excluding steroid dienone is 28. The minimum Gasteiger partial charge on any atom is -0.462 e. The van der Waals surface area contributed by atoms with E-state index >= 15 is 0 Å². The number of esters is 3. The molecule has 80 heavy (non-hydrogen) atoms. The molecule has 0 N–H and O–H groups in total. The van der Waals surface area contributed by atoms with Crippen molar-refractivity contribution in [1.82, 2.24) is 0 Å². The molecule has 0 saturated carbocycles. The fourth-order valence-corrected chi connectivity index (χ4v) is 8.21. The van der Waals surface area contributed by atoms with Crippen LogP contribution >= 0.6 is 0 Å². The van der Waals surface area contributed by atoms with Crippen LogP contribution in [0.15, 0.2) is 170 Å². The smallest absolute Gasteiger partial charge is 0.306 e. The molecule has 1 unspecified atom stereocenters. The zero-order valence-corrected chi connectivity index (χ0v) is 51.3. The maximum atomic E-state index is 12.9. The minimum atomic E-state index is -0.839. The van der Waals surface area contributed by atoms with Gasteiger partial charge in [0.2, 0.25) is 0 Å². The van der Waals surface area contributed by atoms with E-state index in [0.29, 0.717) is 19.3 Å².